The molecule has 1 unspecified atom stereocenters. The third-order valence-electron chi connectivity index (χ3n) is 3.75. The highest BCUT2D eigenvalue weighted by Gasteiger charge is 2.19. The van der Waals surface area contributed by atoms with Crippen LogP contribution in [0.5, 0.6) is 5.75 Å². The minimum Gasteiger partial charge on any atom is -0.493 e. The van der Waals surface area contributed by atoms with Gasteiger partial charge in [-0.3, -0.25) is 0 Å². The highest BCUT2D eigenvalue weighted by atomic mass is 16.5. The number of benzene rings is 1. The molecular formula is C16H26N2O2. The molecule has 2 rings (SSSR count). The Morgan fingerprint density at radius 2 is 2.30 bits per heavy atom. The van der Waals surface area contributed by atoms with Crippen LogP contribution >= 0.6 is 0 Å². The van der Waals surface area contributed by atoms with Gasteiger partial charge >= 0.3 is 0 Å². The first kappa shape index (κ1) is 15.1. The number of likely N-dealkylation sites (tertiary alicyclic amines) is 1. The van der Waals surface area contributed by atoms with Gasteiger partial charge in [0.25, 0.3) is 0 Å². The number of nitrogens with two attached hydrogens (primary N) is 1. The Hall–Kier alpha value is -1.26. The zero-order valence-electron chi connectivity index (χ0n) is 12.4. The first-order valence-corrected chi connectivity index (χ1v) is 7.47. The largest absolute Gasteiger partial charge is 0.493 e. The molecule has 1 aromatic carbocycles. The lowest BCUT2D eigenvalue weighted by Crippen LogP contribution is -2.38. The Labute approximate surface area is 121 Å². The smallest absolute Gasteiger partial charge is 0.121 e. The summed E-state index contributed by atoms with van der Waals surface area (Å²) >= 11 is 0. The van der Waals surface area contributed by atoms with E-state index in [4.69, 9.17) is 15.2 Å². The molecule has 112 valence electrons. The van der Waals surface area contributed by atoms with E-state index < -0.39 is 0 Å². The minimum atomic E-state index is 0.698. The first-order chi connectivity index (χ1) is 9.78. The summed E-state index contributed by atoms with van der Waals surface area (Å²) in [6.07, 6.45) is 3.63. The van der Waals surface area contributed by atoms with E-state index in [1.54, 1.807) is 7.11 Å². The molecule has 1 atom stereocenters. The molecule has 0 radical (unpaired) electrons. The second-order valence-corrected chi connectivity index (χ2v) is 5.54. The van der Waals surface area contributed by atoms with Crippen LogP contribution in [0.4, 0.5) is 5.69 Å². The third kappa shape index (κ3) is 5.02. The van der Waals surface area contributed by atoms with Crippen molar-refractivity contribution < 1.29 is 9.47 Å². The number of rotatable bonds is 7. The van der Waals surface area contributed by atoms with E-state index in [1.807, 2.05) is 24.3 Å². The van der Waals surface area contributed by atoms with Gasteiger partial charge in [0.1, 0.15) is 5.75 Å². The van der Waals surface area contributed by atoms with Crippen molar-refractivity contribution in [3.63, 3.8) is 0 Å². The van der Waals surface area contributed by atoms with Crippen LogP contribution in [0.2, 0.25) is 0 Å². The van der Waals surface area contributed by atoms with E-state index in [0.717, 1.165) is 44.2 Å². The van der Waals surface area contributed by atoms with Crippen molar-refractivity contribution in [1.29, 1.82) is 0 Å². The second kappa shape index (κ2) is 8.12. The van der Waals surface area contributed by atoms with E-state index in [0.29, 0.717) is 5.92 Å². The van der Waals surface area contributed by atoms with Gasteiger partial charge in [0.2, 0.25) is 0 Å². The fraction of sp³-hybridized carbons (Fsp3) is 0.625. The molecule has 0 amide bonds. The number of methoxy groups -OCH3 is 1. The fourth-order valence-corrected chi connectivity index (χ4v) is 2.81. The maximum Gasteiger partial charge on any atom is 0.121 e. The van der Waals surface area contributed by atoms with Crippen LogP contribution in [0.25, 0.3) is 0 Å². The molecule has 0 aliphatic carbocycles. The Bertz CT molecular complexity index is 396. The van der Waals surface area contributed by atoms with E-state index >= 15 is 0 Å². The maximum atomic E-state index is 5.72. The Kier molecular flexibility index (Phi) is 6.15. The zero-order valence-corrected chi connectivity index (χ0v) is 12.4. The topological polar surface area (TPSA) is 47.7 Å². The summed E-state index contributed by atoms with van der Waals surface area (Å²) in [5, 5.41) is 0. The lowest BCUT2D eigenvalue weighted by atomic mass is 9.99. The lowest BCUT2D eigenvalue weighted by Gasteiger charge is -2.32. The molecule has 2 N–H and O–H groups in total. The highest BCUT2D eigenvalue weighted by molar-refractivity contribution is 5.43. The Balaban J connectivity index is 1.63. The van der Waals surface area contributed by atoms with Gasteiger partial charge in [0, 0.05) is 32.0 Å². The van der Waals surface area contributed by atoms with Crippen molar-refractivity contribution in [2.24, 2.45) is 5.92 Å². The number of nitrogen functional groups attached to an aromatic ring is 1. The molecule has 1 aliphatic heterocycles. The van der Waals surface area contributed by atoms with Crippen molar-refractivity contribution in [2.75, 3.05) is 45.7 Å². The van der Waals surface area contributed by atoms with E-state index in [2.05, 4.69) is 4.90 Å². The van der Waals surface area contributed by atoms with Crippen molar-refractivity contribution in [3.05, 3.63) is 24.3 Å². The Morgan fingerprint density at radius 1 is 1.40 bits per heavy atom. The summed E-state index contributed by atoms with van der Waals surface area (Å²) in [4.78, 5) is 2.52. The molecule has 20 heavy (non-hydrogen) atoms. The zero-order chi connectivity index (χ0) is 14.2. The molecule has 1 aliphatic rings. The standard InChI is InChI=1S/C16H26N2O2/c1-19-13-14-5-3-8-18(12-14)9-4-10-20-16-7-2-6-15(17)11-16/h2,6-7,11,14H,3-5,8-10,12-13,17H2,1H3. The average molecular weight is 278 g/mol. The monoisotopic (exact) mass is 278 g/mol. The predicted molar refractivity (Wildman–Crippen MR) is 82.0 cm³/mol. The summed E-state index contributed by atoms with van der Waals surface area (Å²) in [7, 11) is 1.79. The molecule has 1 heterocycles. The molecule has 4 heteroatoms. The van der Waals surface area contributed by atoms with Crippen LogP contribution in [0.15, 0.2) is 24.3 Å². The number of hydrogen-bond donors (Lipinski definition) is 1. The summed E-state index contributed by atoms with van der Waals surface area (Å²) in [6, 6.07) is 7.61. The summed E-state index contributed by atoms with van der Waals surface area (Å²) in [5.74, 6) is 1.56. The number of ether oxygens (including phenoxy) is 2. The molecule has 4 nitrogen and oxygen atoms in total. The quantitative estimate of drug-likeness (QED) is 0.614. The number of piperidine rings is 1. The van der Waals surface area contributed by atoms with Crippen LogP contribution in [0.1, 0.15) is 19.3 Å². The van der Waals surface area contributed by atoms with Crippen LogP contribution in [-0.4, -0.2) is 44.9 Å². The molecule has 1 saturated heterocycles. The van der Waals surface area contributed by atoms with Crippen LogP contribution in [0, 0.1) is 5.92 Å². The lowest BCUT2D eigenvalue weighted by molar-refractivity contribution is 0.0879. The summed E-state index contributed by atoms with van der Waals surface area (Å²) in [6.45, 7) is 5.10. The molecular weight excluding hydrogens is 252 g/mol. The van der Waals surface area contributed by atoms with Gasteiger partial charge < -0.3 is 20.1 Å². The fourth-order valence-electron chi connectivity index (χ4n) is 2.81. The van der Waals surface area contributed by atoms with Crippen molar-refractivity contribution in [2.45, 2.75) is 19.3 Å². The summed E-state index contributed by atoms with van der Waals surface area (Å²) < 4.78 is 11.0. The number of nitrogens with zero attached hydrogens (tertiary/aromatic N) is 1. The second-order valence-electron chi connectivity index (χ2n) is 5.54. The van der Waals surface area contributed by atoms with Gasteiger partial charge in [-0.1, -0.05) is 6.07 Å². The van der Waals surface area contributed by atoms with Gasteiger partial charge in [0.05, 0.1) is 13.2 Å². The summed E-state index contributed by atoms with van der Waals surface area (Å²) in [5.41, 5.74) is 6.47. The minimum absolute atomic E-state index is 0.698. The molecule has 0 saturated carbocycles. The first-order valence-electron chi connectivity index (χ1n) is 7.47. The van der Waals surface area contributed by atoms with Gasteiger partial charge in [-0.05, 0) is 43.9 Å². The van der Waals surface area contributed by atoms with Gasteiger partial charge in [-0.15, -0.1) is 0 Å². The molecule has 1 fully saturated rings. The van der Waals surface area contributed by atoms with Crippen molar-refractivity contribution in [3.8, 4) is 5.75 Å². The van der Waals surface area contributed by atoms with Crippen LogP contribution in [0.3, 0.4) is 0 Å². The highest BCUT2D eigenvalue weighted by Crippen LogP contribution is 2.17. The van der Waals surface area contributed by atoms with Crippen molar-refractivity contribution >= 4 is 5.69 Å². The molecule has 0 aromatic heterocycles. The van der Waals surface area contributed by atoms with Gasteiger partial charge in [-0.2, -0.15) is 0 Å². The molecule has 1 aromatic rings. The normalized spacial score (nSPS) is 19.9. The van der Waals surface area contributed by atoms with Gasteiger partial charge in [0.15, 0.2) is 0 Å². The third-order valence-corrected chi connectivity index (χ3v) is 3.75. The van der Waals surface area contributed by atoms with E-state index in [9.17, 15) is 0 Å². The van der Waals surface area contributed by atoms with Crippen molar-refractivity contribution in [1.82, 2.24) is 4.90 Å². The van der Waals surface area contributed by atoms with Gasteiger partial charge in [-0.25, -0.2) is 0 Å². The number of hydrogen-bond acceptors (Lipinski definition) is 4. The van der Waals surface area contributed by atoms with Crippen LogP contribution < -0.4 is 10.5 Å². The van der Waals surface area contributed by atoms with E-state index in [1.165, 1.54) is 19.4 Å². The molecule has 0 spiro atoms. The molecule has 0 bridgehead atoms. The predicted octanol–water partition coefficient (Wildman–Crippen LogP) is 2.40. The number of anilines is 1. The maximum absolute atomic E-state index is 5.72. The SMILES string of the molecule is COCC1CCCN(CCCOc2cccc(N)c2)C1. The van der Waals surface area contributed by atoms with E-state index in [-0.39, 0.29) is 0 Å². The van der Waals surface area contributed by atoms with Crippen LogP contribution in [-0.2, 0) is 4.74 Å². The average Bonchev–Trinajstić information content (AvgIpc) is 2.45. The Morgan fingerprint density at radius 3 is 3.10 bits per heavy atom.